The van der Waals surface area contributed by atoms with Gasteiger partial charge in [-0.1, -0.05) is 38.5 Å². The molecule has 1 amide bonds. The number of alkyl halides is 1. The number of benzene rings is 1. The van der Waals surface area contributed by atoms with Gasteiger partial charge in [0.05, 0.1) is 0 Å². The van der Waals surface area contributed by atoms with Crippen molar-refractivity contribution in [2.75, 3.05) is 11.0 Å². The van der Waals surface area contributed by atoms with E-state index < -0.39 is 0 Å². The van der Waals surface area contributed by atoms with E-state index in [1.165, 1.54) is 0 Å². The lowest BCUT2D eigenvalue weighted by Crippen LogP contribution is -2.24. The third kappa shape index (κ3) is 4.97. The predicted octanol–water partition coefficient (Wildman–Crippen LogP) is 3.39. The number of carbonyl (C=O) groups excluding carboxylic acids is 1. The van der Waals surface area contributed by atoms with E-state index in [1.807, 2.05) is 24.3 Å². The Morgan fingerprint density at radius 2 is 1.93 bits per heavy atom. The molecule has 0 heterocycles. The highest BCUT2D eigenvalue weighted by Crippen LogP contribution is 2.10. The summed E-state index contributed by atoms with van der Waals surface area (Å²) in [5.41, 5.74) is 0.715. The molecule has 0 fully saturated rings. The predicted molar refractivity (Wildman–Crippen MR) is 74.6 cm³/mol. The van der Waals surface area contributed by atoms with Gasteiger partial charge >= 0.3 is 0 Å². The monoisotopic (exact) mass is 381 g/mol. The number of unbranched alkanes of at least 4 members (excludes halogenated alkanes) is 1. The van der Waals surface area contributed by atoms with Gasteiger partial charge in [0, 0.05) is 16.6 Å². The zero-order valence-corrected chi connectivity index (χ0v) is 12.0. The number of nitrogens with one attached hydrogen (secondary N) is 1. The fourth-order valence-electron chi connectivity index (χ4n) is 1.12. The molecule has 0 atom stereocenters. The SMILES string of the molecule is O=C(NCCCCI)c1ccc(Br)cc1. The molecule has 4 heteroatoms. The molecule has 0 aliphatic heterocycles. The molecule has 1 rings (SSSR count). The summed E-state index contributed by atoms with van der Waals surface area (Å²) in [6.45, 7) is 0.762. The van der Waals surface area contributed by atoms with Gasteiger partial charge in [-0.3, -0.25) is 4.79 Å². The van der Waals surface area contributed by atoms with Crippen molar-refractivity contribution in [3.05, 3.63) is 34.3 Å². The molecule has 1 aromatic rings. The number of amides is 1. The van der Waals surface area contributed by atoms with Crippen LogP contribution in [0.3, 0.4) is 0 Å². The van der Waals surface area contributed by atoms with E-state index in [-0.39, 0.29) is 5.91 Å². The number of carbonyl (C=O) groups is 1. The van der Waals surface area contributed by atoms with Crippen LogP contribution in [0.4, 0.5) is 0 Å². The van der Waals surface area contributed by atoms with E-state index in [1.54, 1.807) is 0 Å². The lowest BCUT2D eigenvalue weighted by Gasteiger charge is -2.04. The van der Waals surface area contributed by atoms with Gasteiger partial charge in [0.15, 0.2) is 0 Å². The van der Waals surface area contributed by atoms with Crippen LogP contribution >= 0.6 is 38.5 Å². The Labute approximate surface area is 112 Å². The van der Waals surface area contributed by atoms with Crippen molar-refractivity contribution >= 4 is 44.4 Å². The zero-order valence-electron chi connectivity index (χ0n) is 8.30. The van der Waals surface area contributed by atoms with Crippen LogP contribution in [0.2, 0.25) is 0 Å². The highest BCUT2D eigenvalue weighted by atomic mass is 127. The molecule has 0 radical (unpaired) electrons. The Morgan fingerprint density at radius 1 is 1.27 bits per heavy atom. The molecular weight excluding hydrogens is 369 g/mol. The summed E-state index contributed by atoms with van der Waals surface area (Å²) < 4.78 is 2.13. The summed E-state index contributed by atoms with van der Waals surface area (Å²) in [7, 11) is 0. The minimum absolute atomic E-state index is 0.0101. The Bertz CT molecular complexity index is 313. The molecule has 0 aliphatic carbocycles. The summed E-state index contributed by atoms with van der Waals surface area (Å²) in [5.74, 6) is 0.0101. The van der Waals surface area contributed by atoms with Crippen molar-refractivity contribution < 1.29 is 4.79 Å². The summed E-state index contributed by atoms with van der Waals surface area (Å²) >= 11 is 5.68. The fraction of sp³-hybridized carbons (Fsp3) is 0.364. The first-order valence-electron chi connectivity index (χ1n) is 4.84. The molecule has 2 nitrogen and oxygen atoms in total. The minimum Gasteiger partial charge on any atom is -0.352 e. The smallest absolute Gasteiger partial charge is 0.251 e. The number of halogens is 2. The Hall–Kier alpha value is -0.100. The van der Waals surface area contributed by atoms with Crippen LogP contribution in [0, 0.1) is 0 Å². The maximum absolute atomic E-state index is 11.6. The van der Waals surface area contributed by atoms with Gasteiger partial charge in [-0.25, -0.2) is 0 Å². The second kappa shape index (κ2) is 7.22. The van der Waals surface area contributed by atoms with Gasteiger partial charge in [-0.05, 0) is 41.5 Å². The molecule has 1 N–H and O–H groups in total. The molecule has 0 aliphatic rings. The van der Waals surface area contributed by atoms with Crippen LogP contribution in [0.15, 0.2) is 28.7 Å². The van der Waals surface area contributed by atoms with E-state index in [2.05, 4.69) is 43.8 Å². The second-order valence-corrected chi connectivity index (χ2v) is 5.15. The lowest BCUT2D eigenvalue weighted by atomic mass is 10.2. The topological polar surface area (TPSA) is 29.1 Å². The van der Waals surface area contributed by atoms with E-state index in [0.717, 1.165) is 28.3 Å². The standard InChI is InChI=1S/C11H13BrINO/c12-10-5-3-9(4-6-10)11(15)14-8-2-1-7-13/h3-6H,1-2,7-8H2,(H,14,15). The van der Waals surface area contributed by atoms with Crippen molar-refractivity contribution in [1.29, 1.82) is 0 Å². The number of rotatable bonds is 5. The van der Waals surface area contributed by atoms with Crippen molar-refractivity contribution in [3.63, 3.8) is 0 Å². The minimum atomic E-state index is 0.0101. The maximum atomic E-state index is 11.6. The van der Waals surface area contributed by atoms with Crippen LogP contribution < -0.4 is 5.32 Å². The van der Waals surface area contributed by atoms with E-state index >= 15 is 0 Å². The van der Waals surface area contributed by atoms with Crippen molar-refractivity contribution in [1.82, 2.24) is 5.32 Å². The van der Waals surface area contributed by atoms with Gasteiger partial charge in [0.1, 0.15) is 0 Å². The normalized spacial score (nSPS) is 10.0. The Balaban J connectivity index is 2.37. The molecule has 0 spiro atoms. The molecule has 1 aromatic carbocycles. The zero-order chi connectivity index (χ0) is 11.1. The van der Waals surface area contributed by atoms with Crippen molar-refractivity contribution in [2.24, 2.45) is 0 Å². The highest BCUT2D eigenvalue weighted by molar-refractivity contribution is 14.1. The maximum Gasteiger partial charge on any atom is 0.251 e. The van der Waals surface area contributed by atoms with Crippen LogP contribution in [-0.4, -0.2) is 16.9 Å². The first-order valence-corrected chi connectivity index (χ1v) is 7.15. The van der Waals surface area contributed by atoms with E-state index in [9.17, 15) is 4.79 Å². The van der Waals surface area contributed by atoms with Gasteiger partial charge in [-0.15, -0.1) is 0 Å². The molecule has 0 saturated carbocycles. The fourth-order valence-corrected chi connectivity index (χ4v) is 1.93. The molecule has 0 unspecified atom stereocenters. The molecule has 82 valence electrons. The average molecular weight is 382 g/mol. The third-order valence-corrected chi connectivity index (χ3v) is 3.24. The highest BCUT2D eigenvalue weighted by Gasteiger charge is 2.03. The first kappa shape index (κ1) is 13.0. The van der Waals surface area contributed by atoms with Gasteiger partial charge < -0.3 is 5.32 Å². The first-order chi connectivity index (χ1) is 7.24. The Kier molecular flexibility index (Phi) is 6.24. The summed E-state index contributed by atoms with van der Waals surface area (Å²) in [6, 6.07) is 7.38. The second-order valence-electron chi connectivity index (χ2n) is 3.16. The van der Waals surface area contributed by atoms with E-state index in [0.29, 0.717) is 5.56 Å². The largest absolute Gasteiger partial charge is 0.352 e. The van der Waals surface area contributed by atoms with E-state index in [4.69, 9.17) is 0 Å². The van der Waals surface area contributed by atoms with Gasteiger partial charge in [0.25, 0.3) is 5.91 Å². The Morgan fingerprint density at radius 3 is 2.53 bits per heavy atom. The van der Waals surface area contributed by atoms with Crippen LogP contribution in [0.1, 0.15) is 23.2 Å². The van der Waals surface area contributed by atoms with Crippen LogP contribution in [-0.2, 0) is 0 Å². The molecule has 0 aromatic heterocycles. The summed E-state index contributed by atoms with van der Waals surface area (Å²) in [5, 5.41) is 2.90. The molecule has 15 heavy (non-hydrogen) atoms. The van der Waals surface area contributed by atoms with Crippen LogP contribution in [0.5, 0.6) is 0 Å². The average Bonchev–Trinajstić information content (AvgIpc) is 2.25. The molecule has 0 saturated heterocycles. The van der Waals surface area contributed by atoms with Crippen LogP contribution in [0.25, 0.3) is 0 Å². The summed E-state index contributed by atoms with van der Waals surface area (Å²) in [6.07, 6.45) is 2.20. The molecule has 0 bridgehead atoms. The quantitative estimate of drug-likeness (QED) is 0.472. The van der Waals surface area contributed by atoms with Gasteiger partial charge in [0.2, 0.25) is 0 Å². The lowest BCUT2D eigenvalue weighted by molar-refractivity contribution is 0.0953. The van der Waals surface area contributed by atoms with Gasteiger partial charge in [-0.2, -0.15) is 0 Å². The summed E-state index contributed by atoms with van der Waals surface area (Å²) in [4.78, 5) is 11.6. The van der Waals surface area contributed by atoms with Crippen molar-refractivity contribution in [2.45, 2.75) is 12.8 Å². The number of hydrogen-bond donors (Lipinski definition) is 1. The van der Waals surface area contributed by atoms with Crippen molar-refractivity contribution in [3.8, 4) is 0 Å². The number of hydrogen-bond acceptors (Lipinski definition) is 1. The third-order valence-electron chi connectivity index (χ3n) is 1.95. The molecular formula is C11H13BrINO.